The molecule has 0 aliphatic heterocycles. The summed E-state index contributed by atoms with van der Waals surface area (Å²) < 4.78 is 7.50. The molecule has 19 heavy (non-hydrogen) atoms. The van der Waals surface area contributed by atoms with E-state index in [1.54, 1.807) is 13.3 Å². The predicted molar refractivity (Wildman–Crippen MR) is 75.6 cm³/mol. The minimum absolute atomic E-state index is 0.133. The van der Waals surface area contributed by atoms with Gasteiger partial charge in [0.1, 0.15) is 0 Å². The van der Waals surface area contributed by atoms with Crippen molar-refractivity contribution >= 4 is 0 Å². The normalized spacial score (nSPS) is 24.6. The Balaban J connectivity index is 2.28. The lowest BCUT2D eigenvalue weighted by Gasteiger charge is -2.24. The maximum Gasteiger partial charge on any atom is 0.161 e. The van der Waals surface area contributed by atoms with Crippen LogP contribution in [-0.2, 0) is 6.54 Å². The quantitative estimate of drug-likeness (QED) is 0.612. The number of methoxy groups -OCH3 is 1. The standard InChI is InChI=1S/C14H26N4O/c1-4-7-18-14(12(19-3)9-16-18)13(17-15)11-6-5-10(2)8-11/h9-11,13,17H,4-8,15H2,1-3H3. The van der Waals surface area contributed by atoms with E-state index in [-0.39, 0.29) is 6.04 Å². The number of nitrogens with one attached hydrogen (secondary N) is 1. The van der Waals surface area contributed by atoms with Gasteiger partial charge in [-0.05, 0) is 31.1 Å². The first-order chi connectivity index (χ1) is 9.21. The van der Waals surface area contributed by atoms with Crippen molar-refractivity contribution in [3.05, 3.63) is 11.9 Å². The van der Waals surface area contributed by atoms with Gasteiger partial charge < -0.3 is 4.74 Å². The molecule has 1 aromatic heterocycles. The molecule has 2 rings (SSSR count). The number of nitrogens with zero attached hydrogens (tertiary/aromatic N) is 2. The zero-order chi connectivity index (χ0) is 13.8. The van der Waals surface area contributed by atoms with Gasteiger partial charge in [-0.1, -0.05) is 20.3 Å². The van der Waals surface area contributed by atoms with Crippen LogP contribution in [-0.4, -0.2) is 16.9 Å². The van der Waals surface area contributed by atoms with Crippen molar-refractivity contribution in [2.75, 3.05) is 7.11 Å². The number of hydrazine groups is 1. The molecule has 1 heterocycles. The number of hydrogen-bond donors (Lipinski definition) is 2. The van der Waals surface area contributed by atoms with Crippen LogP contribution in [0.15, 0.2) is 6.20 Å². The molecular formula is C14H26N4O. The Kier molecular flexibility index (Phi) is 4.82. The molecule has 1 aliphatic carbocycles. The number of rotatable bonds is 6. The summed E-state index contributed by atoms with van der Waals surface area (Å²) in [6, 6.07) is 0.133. The van der Waals surface area contributed by atoms with Gasteiger partial charge in [0, 0.05) is 6.54 Å². The third-order valence-corrected chi connectivity index (χ3v) is 4.18. The first kappa shape index (κ1) is 14.3. The van der Waals surface area contributed by atoms with Crippen LogP contribution in [0.5, 0.6) is 5.75 Å². The maximum absolute atomic E-state index is 5.83. The van der Waals surface area contributed by atoms with Crippen LogP contribution in [0.2, 0.25) is 0 Å². The van der Waals surface area contributed by atoms with Crippen molar-refractivity contribution in [3.8, 4) is 5.75 Å². The zero-order valence-corrected chi connectivity index (χ0v) is 12.2. The van der Waals surface area contributed by atoms with Gasteiger partial charge in [0.2, 0.25) is 0 Å². The molecule has 1 fully saturated rings. The van der Waals surface area contributed by atoms with Crippen molar-refractivity contribution in [2.45, 2.75) is 52.1 Å². The second-order valence-electron chi connectivity index (χ2n) is 5.64. The minimum atomic E-state index is 0.133. The highest BCUT2D eigenvalue weighted by molar-refractivity contribution is 5.29. The fourth-order valence-corrected chi connectivity index (χ4v) is 3.23. The van der Waals surface area contributed by atoms with Crippen LogP contribution in [0.4, 0.5) is 0 Å². The number of nitrogens with two attached hydrogens (primary N) is 1. The molecule has 108 valence electrons. The third kappa shape index (κ3) is 2.92. The number of hydrogen-bond acceptors (Lipinski definition) is 4. The number of aryl methyl sites for hydroxylation is 1. The molecule has 3 unspecified atom stereocenters. The molecule has 5 heteroatoms. The van der Waals surface area contributed by atoms with E-state index in [1.807, 2.05) is 4.68 Å². The average Bonchev–Trinajstić information content (AvgIpc) is 2.99. The van der Waals surface area contributed by atoms with Crippen LogP contribution < -0.4 is 16.0 Å². The highest BCUT2D eigenvalue weighted by Gasteiger charge is 2.33. The van der Waals surface area contributed by atoms with E-state index >= 15 is 0 Å². The summed E-state index contributed by atoms with van der Waals surface area (Å²) in [5, 5.41) is 4.43. The fourth-order valence-electron chi connectivity index (χ4n) is 3.23. The van der Waals surface area contributed by atoms with E-state index in [0.29, 0.717) is 5.92 Å². The maximum atomic E-state index is 5.83. The molecule has 3 atom stereocenters. The first-order valence-corrected chi connectivity index (χ1v) is 7.27. The topological polar surface area (TPSA) is 65.1 Å². The lowest BCUT2D eigenvalue weighted by atomic mass is 9.94. The molecule has 3 N–H and O–H groups in total. The largest absolute Gasteiger partial charge is 0.493 e. The van der Waals surface area contributed by atoms with E-state index in [1.165, 1.54) is 19.3 Å². The summed E-state index contributed by atoms with van der Waals surface area (Å²) in [6.45, 7) is 5.37. The molecule has 5 nitrogen and oxygen atoms in total. The molecule has 0 spiro atoms. The Morgan fingerprint density at radius 3 is 2.89 bits per heavy atom. The SMILES string of the molecule is CCCn1ncc(OC)c1C(NN)C1CCC(C)C1. The van der Waals surface area contributed by atoms with Gasteiger partial charge >= 0.3 is 0 Å². The lowest BCUT2D eigenvalue weighted by molar-refractivity contribution is 0.323. The summed E-state index contributed by atoms with van der Waals surface area (Å²) in [6.07, 6.45) is 6.57. The van der Waals surface area contributed by atoms with Crippen LogP contribution in [0.25, 0.3) is 0 Å². The van der Waals surface area contributed by atoms with Gasteiger partial charge in [-0.25, -0.2) is 0 Å². The summed E-state index contributed by atoms with van der Waals surface area (Å²) in [5.41, 5.74) is 4.10. The smallest absolute Gasteiger partial charge is 0.161 e. The Hall–Kier alpha value is -1.07. The van der Waals surface area contributed by atoms with Gasteiger partial charge in [-0.15, -0.1) is 0 Å². The summed E-state index contributed by atoms with van der Waals surface area (Å²) in [4.78, 5) is 0. The van der Waals surface area contributed by atoms with Crippen LogP contribution in [0.3, 0.4) is 0 Å². The van der Waals surface area contributed by atoms with Crippen LogP contribution in [0, 0.1) is 11.8 Å². The van der Waals surface area contributed by atoms with E-state index in [9.17, 15) is 0 Å². The molecule has 0 aromatic carbocycles. The summed E-state index contributed by atoms with van der Waals surface area (Å²) in [7, 11) is 1.70. The summed E-state index contributed by atoms with van der Waals surface area (Å²) >= 11 is 0. The Labute approximate surface area is 115 Å². The molecule has 0 saturated heterocycles. The first-order valence-electron chi connectivity index (χ1n) is 7.27. The molecular weight excluding hydrogens is 240 g/mol. The second kappa shape index (κ2) is 6.39. The minimum Gasteiger partial charge on any atom is -0.493 e. The highest BCUT2D eigenvalue weighted by Crippen LogP contribution is 2.40. The van der Waals surface area contributed by atoms with Crippen molar-refractivity contribution in [1.29, 1.82) is 0 Å². The summed E-state index contributed by atoms with van der Waals surface area (Å²) in [5.74, 6) is 8.03. The van der Waals surface area contributed by atoms with Gasteiger partial charge in [0.05, 0.1) is 25.0 Å². The molecule has 1 aromatic rings. The van der Waals surface area contributed by atoms with Gasteiger partial charge in [0.25, 0.3) is 0 Å². The van der Waals surface area contributed by atoms with Crippen LogP contribution in [0.1, 0.15) is 51.3 Å². The van der Waals surface area contributed by atoms with Gasteiger partial charge in [-0.2, -0.15) is 5.10 Å². The van der Waals surface area contributed by atoms with Crippen molar-refractivity contribution < 1.29 is 4.74 Å². The van der Waals surface area contributed by atoms with Gasteiger partial charge in [-0.3, -0.25) is 16.0 Å². The molecule has 0 bridgehead atoms. The Bertz CT molecular complexity index is 404. The number of aromatic nitrogens is 2. The molecule has 1 aliphatic rings. The predicted octanol–water partition coefficient (Wildman–Crippen LogP) is 2.24. The fraction of sp³-hybridized carbons (Fsp3) is 0.786. The van der Waals surface area contributed by atoms with Crippen molar-refractivity contribution in [3.63, 3.8) is 0 Å². The van der Waals surface area contributed by atoms with Crippen LogP contribution >= 0.6 is 0 Å². The molecule has 0 radical (unpaired) electrons. The monoisotopic (exact) mass is 266 g/mol. The van der Waals surface area contributed by atoms with E-state index in [0.717, 1.165) is 30.3 Å². The van der Waals surface area contributed by atoms with Crippen molar-refractivity contribution in [2.24, 2.45) is 17.7 Å². The lowest BCUT2D eigenvalue weighted by Crippen LogP contribution is -2.34. The van der Waals surface area contributed by atoms with E-state index < -0.39 is 0 Å². The Morgan fingerprint density at radius 2 is 2.37 bits per heavy atom. The molecule has 1 saturated carbocycles. The van der Waals surface area contributed by atoms with Crippen molar-refractivity contribution in [1.82, 2.24) is 15.2 Å². The molecule has 0 amide bonds. The van der Waals surface area contributed by atoms with Gasteiger partial charge in [0.15, 0.2) is 5.75 Å². The average molecular weight is 266 g/mol. The highest BCUT2D eigenvalue weighted by atomic mass is 16.5. The number of ether oxygens (including phenoxy) is 1. The Morgan fingerprint density at radius 1 is 1.58 bits per heavy atom. The van der Waals surface area contributed by atoms with E-state index in [2.05, 4.69) is 24.4 Å². The van der Waals surface area contributed by atoms with E-state index in [4.69, 9.17) is 10.6 Å². The zero-order valence-electron chi connectivity index (χ0n) is 12.2. The second-order valence-corrected chi connectivity index (χ2v) is 5.64. The third-order valence-electron chi connectivity index (χ3n) is 4.18.